The number of ether oxygens (including phenoxy) is 2. The average Bonchev–Trinajstić information content (AvgIpc) is 3.09. The molecule has 2 aliphatic rings. The summed E-state index contributed by atoms with van der Waals surface area (Å²) in [5.74, 6) is -0.679. The first-order chi connectivity index (χ1) is 16.0. The fourth-order valence-electron chi connectivity index (χ4n) is 4.36. The van der Waals surface area contributed by atoms with E-state index in [4.69, 9.17) is 9.47 Å². The number of hydrogen-bond donors (Lipinski definition) is 1. The van der Waals surface area contributed by atoms with Crippen LogP contribution in [0.3, 0.4) is 0 Å². The zero-order chi connectivity index (χ0) is 23.1. The smallest absolute Gasteiger partial charge is 0.300 e. The lowest BCUT2D eigenvalue weighted by Gasteiger charge is -2.27. The van der Waals surface area contributed by atoms with E-state index in [0.717, 1.165) is 11.1 Å². The number of carbonyl (C=O) groups excluding carboxylic acids is 2. The number of anilines is 1. The number of fused-ring (bicyclic) bond motifs is 1. The minimum absolute atomic E-state index is 0.00431. The van der Waals surface area contributed by atoms with Crippen LogP contribution >= 0.6 is 0 Å². The molecule has 1 N–H and O–H groups in total. The van der Waals surface area contributed by atoms with Crippen LogP contribution in [0.15, 0.2) is 66.5 Å². The second-order valence-electron chi connectivity index (χ2n) is 8.10. The van der Waals surface area contributed by atoms with Gasteiger partial charge in [0.15, 0.2) is 11.5 Å². The highest BCUT2D eigenvalue weighted by molar-refractivity contribution is 6.51. The van der Waals surface area contributed by atoms with Crippen molar-refractivity contribution in [3.8, 4) is 11.5 Å². The molecule has 166 valence electrons. The number of nitrogens with zero attached hydrogens (tertiary/aromatic N) is 2. The summed E-state index contributed by atoms with van der Waals surface area (Å²) in [5.41, 5.74) is 3.50. The summed E-state index contributed by atoms with van der Waals surface area (Å²) in [5, 5.41) is 11.3. The van der Waals surface area contributed by atoms with E-state index < -0.39 is 17.7 Å². The van der Waals surface area contributed by atoms with E-state index in [1.165, 1.54) is 4.90 Å². The van der Waals surface area contributed by atoms with Crippen LogP contribution < -0.4 is 14.4 Å². The van der Waals surface area contributed by atoms with E-state index in [2.05, 4.69) is 4.98 Å². The number of Topliss-reactive ketones (excluding diaryl/α,β-unsaturated/α-hetero) is 1. The summed E-state index contributed by atoms with van der Waals surface area (Å²) in [4.78, 5) is 32.2. The molecule has 1 fully saturated rings. The number of ketones is 1. The Bertz CT molecular complexity index is 1300. The van der Waals surface area contributed by atoms with Gasteiger partial charge in [-0.3, -0.25) is 19.5 Å². The fraction of sp³-hybridized carbons (Fsp3) is 0.192. The van der Waals surface area contributed by atoms with Gasteiger partial charge in [0.1, 0.15) is 19.0 Å². The van der Waals surface area contributed by atoms with Gasteiger partial charge in [-0.05, 0) is 55.3 Å². The van der Waals surface area contributed by atoms with Crippen molar-refractivity contribution in [3.63, 3.8) is 0 Å². The van der Waals surface area contributed by atoms with Crippen LogP contribution in [0.5, 0.6) is 11.5 Å². The van der Waals surface area contributed by atoms with Crippen molar-refractivity contribution in [2.75, 3.05) is 18.1 Å². The molecule has 5 rings (SSSR count). The van der Waals surface area contributed by atoms with E-state index in [-0.39, 0.29) is 11.3 Å². The topological polar surface area (TPSA) is 89.0 Å². The number of pyridine rings is 1. The molecule has 1 amide bonds. The normalized spacial score (nSPS) is 19.1. The van der Waals surface area contributed by atoms with Crippen molar-refractivity contribution in [3.05, 3.63) is 88.8 Å². The monoisotopic (exact) mass is 442 g/mol. The molecule has 0 saturated carbocycles. The molecular weight excluding hydrogens is 420 g/mol. The third-order valence-corrected chi connectivity index (χ3v) is 5.87. The van der Waals surface area contributed by atoms with Crippen LogP contribution in [0, 0.1) is 13.8 Å². The minimum atomic E-state index is -0.826. The standard InChI is InChI=1S/C26H22N2O5/c1-15-5-7-19(16(2)12-15)28-23(18-4-3-9-27-14-18)22(25(30)26(28)31)24(29)17-6-8-20-21(13-17)33-11-10-32-20/h3-9,12-14,23,29H,10-11H2,1-2H3/b24-22-. The van der Waals surface area contributed by atoms with Gasteiger partial charge in [0.25, 0.3) is 11.7 Å². The Morgan fingerprint density at radius 1 is 1.03 bits per heavy atom. The average molecular weight is 442 g/mol. The van der Waals surface area contributed by atoms with Crippen molar-refractivity contribution >= 4 is 23.1 Å². The Balaban J connectivity index is 1.70. The highest BCUT2D eigenvalue weighted by Crippen LogP contribution is 2.43. The zero-order valence-electron chi connectivity index (χ0n) is 18.2. The number of rotatable bonds is 3. The van der Waals surface area contributed by atoms with E-state index in [0.29, 0.717) is 41.5 Å². The molecule has 0 aliphatic carbocycles. The molecule has 0 bridgehead atoms. The maximum atomic E-state index is 13.3. The second kappa shape index (κ2) is 8.09. The van der Waals surface area contributed by atoms with Crippen molar-refractivity contribution in [2.24, 2.45) is 0 Å². The quantitative estimate of drug-likeness (QED) is 0.373. The van der Waals surface area contributed by atoms with E-state index in [1.807, 2.05) is 32.0 Å². The predicted octanol–water partition coefficient (Wildman–Crippen LogP) is 4.10. The number of amides is 1. The van der Waals surface area contributed by atoms with Gasteiger partial charge in [-0.25, -0.2) is 0 Å². The lowest BCUT2D eigenvalue weighted by Crippen LogP contribution is -2.30. The Morgan fingerprint density at radius 2 is 1.82 bits per heavy atom. The van der Waals surface area contributed by atoms with Crippen LogP contribution in [0.2, 0.25) is 0 Å². The summed E-state index contributed by atoms with van der Waals surface area (Å²) in [6, 6.07) is 13.3. The molecular formula is C26H22N2O5. The van der Waals surface area contributed by atoms with Gasteiger partial charge in [0.05, 0.1) is 11.6 Å². The molecule has 1 unspecified atom stereocenters. The molecule has 1 saturated heterocycles. The van der Waals surface area contributed by atoms with Crippen molar-refractivity contribution in [2.45, 2.75) is 19.9 Å². The lowest BCUT2D eigenvalue weighted by atomic mass is 9.95. The van der Waals surface area contributed by atoms with Crippen molar-refractivity contribution in [1.29, 1.82) is 0 Å². The number of aliphatic hydroxyl groups excluding tert-OH is 1. The van der Waals surface area contributed by atoms with E-state index >= 15 is 0 Å². The first kappa shape index (κ1) is 20.8. The maximum Gasteiger partial charge on any atom is 0.300 e. The molecule has 2 aromatic carbocycles. The Labute approximate surface area is 190 Å². The lowest BCUT2D eigenvalue weighted by molar-refractivity contribution is -0.132. The van der Waals surface area contributed by atoms with Gasteiger partial charge in [0, 0.05) is 23.6 Å². The van der Waals surface area contributed by atoms with Crippen LogP contribution in [-0.4, -0.2) is 35.0 Å². The molecule has 1 atom stereocenters. The molecule has 33 heavy (non-hydrogen) atoms. The van der Waals surface area contributed by atoms with Gasteiger partial charge in [-0.2, -0.15) is 0 Å². The third-order valence-electron chi connectivity index (χ3n) is 5.87. The van der Waals surface area contributed by atoms with Crippen LogP contribution in [0.1, 0.15) is 28.3 Å². The van der Waals surface area contributed by atoms with Gasteiger partial charge in [-0.1, -0.05) is 23.8 Å². The van der Waals surface area contributed by atoms with Crippen molar-refractivity contribution in [1.82, 2.24) is 4.98 Å². The van der Waals surface area contributed by atoms with Gasteiger partial charge in [-0.15, -0.1) is 0 Å². The summed E-state index contributed by atoms with van der Waals surface area (Å²) in [6.07, 6.45) is 3.22. The zero-order valence-corrected chi connectivity index (χ0v) is 18.2. The maximum absolute atomic E-state index is 13.3. The van der Waals surface area contributed by atoms with E-state index in [9.17, 15) is 14.7 Å². The highest BCUT2D eigenvalue weighted by Gasteiger charge is 2.47. The summed E-state index contributed by atoms with van der Waals surface area (Å²) < 4.78 is 11.2. The molecule has 2 aliphatic heterocycles. The van der Waals surface area contributed by atoms with Crippen LogP contribution in [0.4, 0.5) is 5.69 Å². The Hall–Kier alpha value is -4.13. The van der Waals surface area contributed by atoms with Crippen molar-refractivity contribution < 1.29 is 24.2 Å². The number of aromatic nitrogens is 1. The van der Waals surface area contributed by atoms with Gasteiger partial charge in [0.2, 0.25) is 0 Å². The fourth-order valence-corrected chi connectivity index (χ4v) is 4.36. The Kier molecular flexibility index (Phi) is 5.09. The summed E-state index contributed by atoms with van der Waals surface area (Å²) in [7, 11) is 0. The molecule has 1 aromatic heterocycles. The minimum Gasteiger partial charge on any atom is -0.507 e. The van der Waals surface area contributed by atoms with Crippen LogP contribution in [0.25, 0.3) is 5.76 Å². The first-order valence-corrected chi connectivity index (χ1v) is 10.6. The third kappa shape index (κ3) is 3.51. The van der Waals surface area contributed by atoms with Crippen LogP contribution in [-0.2, 0) is 9.59 Å². The van der Waals surface area contributed by atoms with Gasteiger partial charge < -0.3 is 14.6 Å². The highest BCUT2D eigenvalue weighted by atomic mass is 16.6. The largest absolute Gasteiger partial charge is 0.507 e. The molecule has 7 heteroatoms. The number of benzene rings is 2. The molecule has 0 radical (unpaired) electrons. The molecule has 3 heterocycles. The number of hydrogen-bond acceptors (Lipinski definition) is 6. The van der Waals surface area contributed by atoms with Gasteiger partial charge >= 0.3 is 0 Å². The second-order valence-corrected chi connectivity index (χ2v) is 8.10. The number of aryl methyl sites for hydroxylation is 2. The SMILES string of the molecule is Cc1ccc(N2C(=O)C(=O)/C(=C(\O)c3ccc4c(c3)OCCO4)C2c2cccnc2)c(C)c1. The molecule has 3 aromatic rings. The molecule has 7 nitrogen and oxygen atoms in total. The number of carbonyl (C=O) groups is 2. The Morgan fingerprint density at radius 3 is 2.55 bits per heavy atom. The number of aliphatic hydroxyl groups is 1. The van der Waals surface area contributed by atoms with E-state index in [1.54, 1.807) is 42.7 Å². The molecule has 0 spiro atoms. The first-order valence-electron chi connectivity index (χ1n) is 10.6. The summed E-state index contributed by atoms with van der Waals surface area (Å²) in [6.45, 7) is 4.69. The predicted molar refractivity (Wildman–Crippen MR) is 122 cm³/mol. The summed E-state index contributed by atoms with van der Waals surface area (Å²) >= 11 is 0.